The molecular weight excluding hydrogens is 244 g/mol. The van der Waals surface area contributed by atoms with Gasteiger partial charge in [0.1, 0.15) is 0 Å². The van der Waals surface area contributed by atoms with Crippen LogP contribution in [0.2, 0.25) is 0 Å². The van der Waals surface area contributed by atoms with E-state index in [0.29, 0.717) is 18.5 Å². The first kappa shape index (κ1) is 14.6. The minimum atomic E-state index is 0.264. The van der Waals surface area contributed by atoms with Crippen molar-refractivity contribution in [1.29, 1.82) is 0 Å². The average Bonchev–Trinajstić information content (AvgIpc) is 2.92. The number of morpholine rings is 1. The maximum Gasteiger partial charge on any atom is 0.188 e. The molecule has 0 amide bonds. The number of nitrogens with zero attached hydrogens (tertiary/aromatic N) is 2. The van der Waals surface area contributed by atoms with Gasteiger partial charge in [-0.25, -0.2) is 0 Å². The molecular formula is C13H26N4O2. The summed E-state index contributed by atoms with van der Waals surface area (Å²) in [7, 11) is 0. The van der Waals surface area contributed by atoms with Crippen molar-refractivity contribution in [2.45, 2.75) is 31.9 Å². The molecule has 2 rings (SSSR count). The van der Waals surface area contributed by atoms with Crippen LogP contribution in [-0.2, 0) is 9.47 Å². The Kier molecular flexibility index (Phi) is 5.88. The van der Waals surface area contributed by atoms with E-state index in [-0.39, 0.29) is 6.10 Å². The normalized spacial score (nSPS) is 29.6. The summed E-state index contributed by atoms with van der Waals surface area (Å²) in [5, 5.41) is 3.16. The molecule has 19 heavy (non-hydrogen) atoms. The van der Waals surface area contributed by atoms with Gasteiger partial charge in [0, 0.05) is 32.3 Å². The van der Waals surface area contributed by atoms with Gasteiger partial charge in [-0.3, -0.25) is 9.89 Å². The molecule has 2 heterocycles. The molecule has 2 saturated heterocycles. The first-order valence-electron chi connectivity index (χ1n) is 7.23. The molecule has 110 valence electrons. The van der Waals surface area contributed by atoms with Crippen LogP contribution in [0.25, 0.3) is 0 Å². The highest BCUT2D eigenvalue weighted by Gasteiger charge is 2.18. The zero-order valence-corrected chi connectivity index (χ0v) is 11.8. The molecule has 0 spiro atoms. The number of rotatable bonds is 5. The van der Waals surface area contributed by atoms with Crippen molar-refractivity contribution in [3.63, 3.8) is 0 Å². The molecule has 6 heteroatoms. The summed E-state index contributed by atoms with van der Waals surface area (Å²) in [6.07, 6.45) is 2.50. The summed E-state index contributed by atoms with van der Waals surface area (Å²) >= 11 is 0. The van der Waals surface area contributed by atoms with Crippen LogP contribution in [0.15, 0.2) is 4.99 Å². The van der Waals surface area contributed by atoms with Crippen LogP contribution in [-0.4, -0.2) is 69.0 Å². The van der Waals surface area contributed by atoms with Gasteiger partial charge < -0.3 is 20.5 Å². The molecule has 2 unspecified atom stereocenters. The van der Waals surface area contributed by atoms with Crippen molar-refractivity contribution in [3.05, 3.63) is 0 Å². The van der Waals surface area contributed by atoms with E-state index in [9.17, 15) is 0 Å². The lowest BCUT2D eigenvalue weighted by atomic mass is 10.2. The van der Waals surface area contributed by atoms with Gasteiger partial charge in [-0.15, -0.1) is 0 Å². The number of ether oxygens (including phenoxy) is 2. The van der Waals surface area contributed by atoms with Crippen LogP contribution >= 0.6 is 0 Å². The number of nitrogens with one attached hydrogen (secondary N) is 1. The van der Waals surface area contributed by atoms with Crippen LogP contribution < -0.4 is 11.1 Å². The second-order valence-corrected chi connectivity index (χ2v) is 5.25. The fourth-order valence-corrected chi connectivity index (χ4v) is 2.47. The molecule has 0 radical (unpaired) electrons. The minimum absolute atomic E-state index is 0.264. The fraction of sp³-hybridized carbons (Fsp3) is 0.923. The molecule has 0 aliphatic carbocycles. The first-order chi connectivity index (χ1) is 9.25. The molecule has 0 bridgehead atoms. The SMILES string of the molecule is CC1COCCN1CCNC(N)=NCC1CCCO1. The molecule has 0 saturated carbocycles. The van der Waals surface area contributed by atoms with Crippen molar-refractivity contribution in [3.8, 4) is 0 Å². The van der Waals surface area contributed by atoms with E-state index in [4.69, 9.17) is 15.2 Å². The van der Waals surface area contributed by atoms with Crippen LogP contribution in [0.3, 0.4) is 0 Å². The standard InChI is InChI=1S/C13H26N4O2/c1-11-10-18-8-6-17(11)5-4-15-13(14)16-9-12-3-2-7-19-12/h11-12H,2-10H2,1H3,(H3,14,15,16). The fourth-order valence-electron chi connectivity index (χ4n) is 2.47. The second-order valence-electron chi connectivity index (χ2n) is 5.25. The predicted octanol–water partition coefficient (Wildman–Crippen LogP) is -0.210. The summed E-state index contributed by atoms with van der Waals surface area (Å²) in [4.78, 5) is 6.73. The van der Waals surface area contributed by atoms with E-state index in [2.05, 4.69) is 22.1 Å². The van der Waals surface area contributed by atoms with Gasteiger partial charge in [0.15, 0.2) is 5.96 Å². The maximum atomic E-state index is 5.84. The van der Waals surface area contributed by atoms with E-state index in [1.165, 1.54) is 0 Å². The van der Waals surface area contributed by atoms with Crippen LogP contribution in [0, 0.1) is 0 Å². The Morgan fingerprint density at radius 3 is 3.11 bits per heavy atom. The van der Waals surface area contributed by atoms with Gasteiger partial charge in [0.2, 0.25) is 0 Å². The van der Waals surface area contributed by atoms with Crippen molar-refractivity contribution < 1.29 is 9.47 Å². The monoisotopic (exact) mass is 270 g/mol. The van der Waals surface area contributed by atoms with Crippen molar-refractivity contribution in [1.82, 2.24) is 10.2 Å². The van der Waals surface area contributed by atoms with E-state index in [1.54, 1.807) is 0 Å². The topological polar surface area (TPSA) is 72.1 Å². The molecule has 2 atom stereocenters. The number of hydrogen-bond acceptors (Lipinski definition) is 4. The van der Waals surface area contributed by atoms with E-state index >= 15 is 0 Å². The Labute approximate surface area is 115 Å². The number of guanidine groups is 1. The molecule has 2 aliphatic heterocycles. The predicted molar refractivity (Wildman–Crippen MR) is 75.3 cm³/mol. The molecule has 0 aromatic carbocycles. The quantitative estimate of drug-likeness (QED) is 0.534. The summed E-state index contributed by atoms with van der Waals surface area (Å²) < 4.78 is 10.9. The third-order valence-corrected chi connectivity index (χ3v) is 3.70. The Balaban J connectivity index is 1.59. The van der Waals surface area contributed by atoms with Gasteiger partial charge in [-0.1, -0.05) is 0 Å². The van der Waals surface area contributed by atoms with Gasteiger partial charge in [-0.2, -0.15) is 0 Å². The Bertz CT molecular complexity index is 292. The van der Waals surface area contributed by atoms with Crippen LogP contribution in [0.5, 0.6) is 0 Å². The Morgan fingerprint density at radius 1 is 1.47 bits per heavy atom. The smallest absolute Gasteiger partial charge is 0.188 e. The summed E-state index contributed by atoms with van der Waals surface area (Å²) in [5.41, 5.74) is 5.84. The molecule has 2 fully saturated rings. The van der Waals surface area contributed by atoms with E-state index in [0.717, 1.165) is 52.3 Å². The van der Waals surface area contributed by atoms with Crippen molar-refractivity contribution >= 4 is 5.96 Å². The largest absolute Gasteiger partial charge is 0.379 e. The van der Waals surface area contributed by atoms with Crippen molar-refractivity contribution in [2.24, 2.45) is 10.7 Å². The zero-order chi connectivity index (χ0) is 13.5. The highest BCUT2D eigenvalue weighted by molar-refractivity contribution is 5.77. The molecule has 6 nitrogen and oxygen atoms in total. The van der Waals surface area contributed by atoms with Crippen molar-refractivity contribution in [2.75, 3.05) is 46.0 Å². The van der Waals surface area contributed by atoms with E-state index in [1.807, 2.05) is 0 Å². The third-order valence-electron chi connectivity index (χ3n) is 3.70. The zero-order valence-electron chi connectivity index (χ0n) is 11.8. The Morgan fingerprint density at radius 2 is 2.37 bits per heavy atom. The number of aliphatic imine (C=N–C) groups is 1. The molecule has 2 aliphatic rings. The van der Waals surface area contributed by atoms with E-state index < -0.39 is 0 Å². The average molecular weight is 270 g/mol. The lowest BCUT2D eigenvalue weighted by Crippen LogP contribution is -2.47. The molecule has 0 aromatic rings. The van der Waals surface area contributed by atoms with Crippen LogP contribution in [0.4, 0.5) is 0 Å². The summed E-state index contributed by atoms with van der Waals surface area (Å²) in [6, 6.07) is 0.487. The lowest BCUT2D eigenvalue weighted by Gasteiger charge is -2.33. The van der Waals surface area contributed by atoms with Crippen LogP contribution in [0.1, 0.15) is 19.8 Å². The van der Waals surface area contributed by atoms with Gasteiger partial charge in [-0.05, 0) is 19.8 Å². The minimum Gasteiger partial charge on any atom is -0.379 e. The van der Waals surface area contributed by atoms with Gasteiger partial charge in [0.25, 0.3) is 0 Å². The number of nitrogens with two attached hydrogens (primary N) is 1. The first-order valence-corrected chi connectivity index (χ1v) is 7.23. The lowest BCUT2D eigenvalue weighted by molar-refractivity contribution is 0.000890. The molecule has 0 aromatic heterocycles. The second kappa shape index (κ2) is 7.67. The summed E-state index contributed by atoms with van der Waals surface area (Å²) in [6.45, 7) is 8.17. The Hall–Kier alpha value is -0.850. The van der Waals surface area contributed by atoms with Gasteiger partial charge in [0.05, 0.1) is 25.9 Å². The maximum absolute atomic E-state index is 5.84. The highest BCUT2D eigenvalue weighted by Crippen LogP contribution is 2.11. The third kappa shape index (κ3) is 4.97. The number of hydrogen-bond donors (Lipinski definition) is 2. The summed E-state index contributed by atoms with van der Waals surface area (Å²) in [5.74, 6) is 0.524. The molecule has 3 N–H and O–H groups in total. The van der Waals surface area contributed by atoms with Gasteiger partial charge >= 0.3 is 0 Å². The highest BCUT2D eigenvalue weighted by atomic mass is 16.5.